The molecule has 3 rings (SSSR count). The van der Waals surface area contributed by atoms with Gasteiger partial charge < -0.3 is 19.5 Å². The second kappa shape index (κ2) is 6.71. The summed E-state index contributed by atoms with van der Waals surface area (Å²) in [5, 5.41) is 3.52. The summed E-state index contributed by atoms with van der Waals surface area (Å²) in [6.45, 7) is 4.12. The molecule has 0 bridgehead atoms. The molecule has 1 unspecified atom stereocenters. The first-order chi connectivity index (χ1) is 10.8. The zero-order chi connectivity index (χ0) is 15.4. The van der Waals surface area contributed by atoms with Gasteiger partial charge in [0.1, 0.15) is 19.0 Å². The summed E-state index contributed by atoms with van der Waals surface area (Å²) >= 11 is 0. The van der Waals surface area contributed by atoms with Crippen molar-refractivity contribution in [3.05, 3.63) is 53.6 Å². The third-order valence-electron chi connectivity index (χ3n) is 3.86. The van der Waals surface area contributed by atoms with Crippen LogP contribution in [0.15, 0.2) is 42.5 Å². The number of hydrogen-bond acceptors (Lipinski definition) is 4. The number of benzene rings is 2. The van der Waals surface area contributed by atoms with Gasteiger partial charge in [-0.25, -0.2) is 0 Å². The Balaban J connectivity index is 1.68. The molecule has 22 heavy (non-hydrogen) atoms. The Labute approximate surface area is 131 Å². The summed E-state index contributed by atoms with van der Waals surface area (Å²) in [4.78, 5) is 0. The van der Waals surface area contributed by atoms with E-state index < -0.39 is 0 Å². The van der Waals surface area contributed by atoms with Crippen molar-refractivity contribution in [1.29, 1.82) is 0 Å². The molecular weight excluding hydrogens is 278 g/mol. The molecule has 0 radical (unpaired) electrons. The van der Waals surface area contributed by atoms with Gasteiger partial charge >= 0.3 is 0 Å². The molecule has 0 amide bonds. The van der Waals surface area contributed by atoms with E-state index in [-0.39, 0.29) is 6.04 Å². The molecule has 4 nitrogen and oxygen atoms in total. The lowest BCUT2D eigenvalue weighted by molar-refractivity contribution is 0.171. The van der Waals surface area contributed by atoms with Gasteiger partial charge in [-0.1, -0.05) is 24.3 Å². The third kappa shape index (κ3) is 3.17. The summed E-state index contributed by atoms with van der Waals surface area (Å²) in [6, 6.07) is 14.4. The average molecular weight is 299 g/mol. The molecular formula is C18H21NO3. The number of rotatable bonds is 5. The van der Waals surface area contributed by atoms with Crippen LogP contribution in [0.5, 0.6) is 17.2 Å². The van der Waals surface area contributed by atoms with E-state index in [0.717, 1.165) is 29.4 Å². The number of fused-ring (bicyclic) bond motifs is 1. The minimum atomic E-state index is 0.209. The van der Waals surface area contributed by atoms with E-state index in [4.69, 9.17) is 14.2 Å². The van der Waals surface area contributed by atoms with Gasteiger partial charge in [0.15, 0.2) is 11.5 Å². The fourth-order valence-electron chi connectivity index (χ4n) is 2.56. The largest absolute Gasteiger partial charge is 0.496 e. The van der Waals surface area contributed by atoms with Crippen molar-refractivity contribution >= 4 is 0 Å². The van der Waals surface area contributed by atoms with E-state index in [9.17, 15) is 0 Å². The van der Waals surface area contributed by atoms with Crippen LogP contribution in [0.2, 0.25) is 0 Å². The zero-order valence-electron chi connectivity index (χ0n) is 13.0. The maximum absolute atomic E-state index is 5.64. The molecule has 0 saturated heterocycles. The Morgan fingerprint density at radius 1 is 1.09 bits per heavy atom. The SMILES string of the molecule is COc1ccccc1CNC(C)c1ccc2c(c1)OCCO2. The van der Waals surface area contributed by atoms with Gasteiger partial charge in [-0.15, -0.1) is 0 Å². The van der Waals surface area contributed by atoms with E-state index in [0.29, 0.717) is 13.2 Å². The van der Waals surface area contributed by atoms with Crippen LogP contribution in [0.3, 0.4) is 0 Å². The first-order valence-corrected chi connectivity index (χ1v) is 7.53. The van der Waals surface area contributed by atoms with Crippen molar-refractivity contribution in [3.8, 4) is 17.2 Å². The first kappa shape index (κ1) is 14.7. The van der Waals surface area contributed by atoms with E-state index >= 15 is 0 Å². The van der Waals surface area contributed by atoms with E-state index in [1.54, 1.807) is 7.11 Å². The van der Waals surface area contributed by atoms with Crippen molar-refractivity contribution in [1.82, 2.24) is 5.32 Å². The van der Waals surface area contributed by atoms with Gasteiger partial charge in [0, 0.05) is 18.2 Å². The standard InChI is InChI=1S/C18H21NO3/c1-13(19-12-15-5-3-4-6-16(15)20-2)14-7-8-17-18(11-14)22-10-9-21-17/h3-8,11,13,19H,9-10,12H2,1-2H3. The zero-order valence-corrected chi connectivity index (χ0v) is 13.0. The number of hydrogen-bond donors (Lipinski definition) is 1. The Hall–Kier alpha value is -2.20. The molecule has 0 aliphatic carbocycles. The van der Waals surface area contributed by atoms with Crippen molar-refractivity contribution in [2.45, 2.75) is 19.5 Å². The lowest BCUT2D eigenvalue weighted by atomic mass is 10.1. The van der Waals surface area contributed by atoms with Crippen LogP contribution in [0.1, 0.15) is 24.1 Å². The molecule has 1 atom stereocenters. The van der Waals surface area contributed by atoms with E-state index in [1.165, 1.54) is 5.56 Å². The number of methoxy groups -OCH3 is 1. The Kier molecular flexibility index (Phi) is 4.49. The second-order valence-corrected chi connectivity index (χ2v) is 5.32. The summed E-state index contributed by atoms with van der Waals surface area (Å²) in [7, 11) is 1.70. The molecule has 1 aliphatic rings. The third-order valence-corrected chi connectivity index (χ3v) is 3.86. The summed E-state index contributed by atoms with van der Waals surface area (Å²) in [6.07, 6.45) is 0. The predicted molar refractivity (Wildman–Crippen MR) is 85.7 cm³/mol. The van der Waals surface area contributed by atoms with Gasteiger partial charge in [-0.05, 0) is 30.7 Å². The van der Waals surface area contributed by atoms with Crippen LogP contribution in [0.4, 0.5) is 0 Å². The molecule has 1 aliphatic heterocycles. The minimum absolute atomic E-state index is 0.209. The number of para-hydroxylation sites is 1. The van der Waals surface area contributed by atoms with Crippen LogP contribution in [-0.4, -0.2) is 20.3 Å². The molecule has 0 aromatic heterocycles. The highest BCUT2D eigenvalue weighted by atomic mass is 16.6. The highest BCUT2D eigenvalue weighted by Gasteiger charge is 2.14. The topological polar surface area (TPSA) is 39.7 Å². The molecule has 1 heterocycles. The Morgan fingerprint density at radius 2 is 1.86 bits per heavy atom. The average Bonchev–Trinajstić information content (AvgIpc) is 2.59. The molecule has 0 spiro atoms. The number of ether oxygens (including phenoxy) is 3. The highest BCUT2D eigenvalue weighted by molar-refractivity contribution is 5.44. The van der Waals surface area contributed by atoms with E-state index in [2.05, 4.69) is 24.4 Å². The maximum atomic E-state index is 5.64. The molecule has 1 N–H and O–H groups in total. The van der Waals surface area contributed by atoms with Gasteiger partial charge in [0.25, 0.3) is 0 Å². The lowest BCUT2D eigenvalue weighted by Gasteiger charge is -2.21. The Morgan fingerprint density at radius 3 is 2.68 bits per heavy atom. The van der Waals surface area contributed by atoms with Crippen LogP contribution < -0.4 is 19.5 Å². The lowest BCUT2D eigenvalue weighted by Crippen LogP contribution is -2.20. The van der Waals surface area contributed by atoms with Crippen LogP contribution in [0.25, 0.3) is 0 Å². The fourth-order valence-corrected chi connectivity index (χ4v) is 2.56. The Bertz CT molecular complexity index is 642. The molecule has 116 valence electrons. The van der Waals surface area contributed by atoms with Crippen molar-refractivity contribution < 1.29 is 14.2 Å². The van der Waals surface area contributed by atoms with Crippen LogP contribution >= 0.6 is 0 Å². The maximum Gasteiger partial charge on any atom is 0.161 e. The smallest absolute Gasteiger partial charge is 0.161 e. The van der Waals surface area contributed by atoms with E-state index in [1.807, 2.05) is 30.3 Å². The van der Waals surface area contributed by atoms with Crippen LogP contribution in [-0.2, 0) is 6.54 Å². The normalized spacial score (nSPS) is 14.5. The highest BCUT2D eigenvalue weighted by Crippen LogP contribution is 2.32. The van der Waals surface area contributed by atoms with Crippen molar-refractivity contribution in [2.75, 3.05) is 20.3 Å². The first-order valence-electron chi connectivity index (χ1n) is 7.53. The van der Waals surface area contributed by atoms with Gasteiger partial charge in [0.2, 0.25) is 0 Å². The fraction of sp³-hybridized carbons (Fsp3) is 0.333. The van der Waals surface area contributed by atoms with Gasteiger partial charge in [-0.3, -0.25) is 0 Å². The second-order valence-electron chi connectivity index (χ2n) is 5.32. The van der Waals surface area contributed by atoms with Crippen molar-refractivity contribution in [2.24, 2.45) is 0 Å². The van der Waals surface area contributed by atoms with Crippen LogP contribution in [0, 0.1) is 0 Å². The van der Waals surface area contributed by atoms with Crippen molar-refractivity contribution in [3.63, 3.8) is 0 Å². The molecule has 0 fully saturated rings. The molecule has 2 aromatic carbocycles. The quantitative estimate of drug-likeness (QED) is 0.919. The summed E-state index contributed by atoms with van der Waals surface area (Å²) < 4.78 is 16.6. The molecule has 2 aromatic rings. The summed E-state index contributed by atoms with van der Waals surface area (Å²) in [5.41, 5.74) is 2.33. The molecule has 0 saturated carbocycles. The van der Waals surface area contributed by atoms with Gasteiger partial charge in [0.05, 0.1) is 7.11 Å². The monoisotopic (exact) mass is 299 g/mol. The van der Waals surface area contributed by atoms with Gasteiger partial charge in [-0.2, -0.15) is 0 Å². The number of nitrogens with one attached hydrogen (secondary N) is 1. The molecule has 4 heteroatoms. The summed E-state index contributed by atoms with van der Waals surface area (Å²) in [5.74, 6) is 2.56. The minimum Gasteiger partial charge on any atom is -0.496 e. The predicted octanol–water partition coefficient (Wildman–Crippen LogP) is 3.32.